The molecule has 0 aliphatic heterocycles. The van der Waals surface area contributed by atoms with Gasteiger partial charge in [-0.15, -0.1) is 0 Å². The maximum atomic E-state index is 3.92. The molecule has 1 saturated carbocycles. The van der Waals surface area contributed by atoms with Crippen LogP contribution in [0.4, 0.5) is 0 Å². The minimum atomic E-state index is 0.536. The first-order valence-corrected chi connectivity index (χ1v) is 7.53. The lowest BCUT2D eigenvalue weighted by molar-refractivity contribution is 0.260. The Kier molecular flexibility index (Phi) is 5.00. The van der Waals surface area contributed by atoms with Crippen molar-refractivity contribution >= 4 is 0 Å². The van der Waals surface area contributed by atoms with E-state index in [1.807, 2.05) is 0 Å². The third-order valence-corrected chi connectivity index (χ3v) is 4.01. The Labute approximate surface area is 118 Å². The number of nitrogens with one attached hydrogen (secondary N) is 1. The fourth-order valence-electron chi connectivity index (χ4n) is 2.67. The Morgan fingerprint density at radius 2 is 1.79 bits per heavy atom. The van der Waals surface area contributed by atoms with E-state index in [0.29, 0.717) is 18.0 Å². The predicted molar refractivity (Wildman–Crippen MR) is 82.2 cm³/mol. The van der Waals surface area contributed by atoms with Gasteiger partial charge in [-0.25, -0.2) is 0 Å². The lowest BCUT2D eigenvalue weighted by Crippen LogP contribution is -2.44. The molecule has 2 rings (SSSR count). The van der Waals surface area contributed by atoms with E-state index in [2.05, 4.69) is 68.5 Å². The van der Waals surface area contributed by atoms with Gasteiger partial charge in [0, 0.05) is 18.6 Å². The van der Waals surface area contributed by atoms with Crippen molar-refractivity contribution in [1.82, 2.24) is 10.2 Å². The largest absolute Gasteiger partial charge is 0.308 e. The predicted octanol–water partition coefficient (Wildman–Crippen LogP) is 3.31. The third kappa shape index (κ3) is 4.32. The molecular formula is C17H28N2. The highest BCUT2D eigenvalue weighted by atomic mass is 15.1. The first-order valence-electron chi connectivity index (χ1n) is 7.53. The maximum absolute atomic E-state index is 3.92. The van der Waals surface area contributed by atoms with Gasteiger partial charge in [-0.3, -0.25) is 0 Å². The Morgan fingerprint density at radius 3 is 2.26 bits per heavy atom. The normalized spacial score (nSPS) is 18.8. The van der Waals surface area contributed by atoms with Crippen molar-refractivity contribution in [2.75, 3.05) is 20.6 Å². The first kappa shape index (κ1) is 14.5. The summed E-state index contributed by atoms with van der Waals surface area (Å²) >= 11 is 0. The maximum Gasteiger partial charge on any atom is 0.0351 e. The zero-order valence-corrected chi connectivity index (χ0v) is 12.8. The lowest BCUT2D eigenvalue weighted by atomic mass is 9.97. The molecule has 1 aromatic rings. The fraction of sp³-hybridized carbons (Fsp3) is 0.647. The average Bonchev–Trinajstić information content (AvgIpc) is 3.19. The molecule has 2 atom stereocenters. The van der Waals surface area contributed by atoms with Gasteiger partial charge in [-0.1, -0.05) is 44.2 Å². The zero-order valence-electron chi connectivity index (χ0n) is 12.8. The number of likely N-dealkylation sites (N-methyl/N-ethyl adjacent to an activating group) is 1. The molecular weight excluding hydrogens is 232 g/mol. The fourth-order valence-corrected chi connectivity index (χ4v) is 2.67. The minimum Gasteiger partial charge on any atom is -0.308 e. The van der Waals surface area contributed by atoms with Crippen LogP contribution in [-0.4, -0.2) is 31.6 Å². The molecule has 1 aromatic carbocycles. The Bertz CT molecular complexity index is 368. The van der Waals surface area contributed by atoms with Crippen molar-refractivity contribution in [3.8, 4) is 0 Å². The van der Waals surface area contributed by atoms with E-state index in [-0.39, 0.29) is 0 Å². The summed E-state index contributed by atoms with van der Waals surface area (Å²) in [7, 11) is 4.32. The van der Waals surface area contributed by atoms with Gasteiger partial charge in [0.05, 0.1) is 0 Å². The molecule has 2 unspecified atom stereocenters. The molecule has 0 aromatic heterocycles. The van der Waals surface area contributed by atoms with Crippen LogP contribution in [0.1, 0.15) is 38.3 Å². The molecule has 0 heterocycles. The Balaban J connectivity index is 2.07. The van der Waals surface area contributed by atoms with E-state index < -0.39 is 0 Å². The van der Waals surface area contributed by atoms with Crippen LogP contribution in [0.25, 0.3) is 0 Å². The SMILES string of the molecule is CC(C)C(CN(C)C)NC(c1ccccc1)C1CC1. The second-order valence-corrected chi connectivity index (χ2v) is 6.51. The van der Waals surface area contributed by atoms with Gasteiger partial charge < -0.3 is 10.2 Å². The highest BCUT2D eigenvalue weighted by molar-refractivity contribution is 5.21. The molecule has 1 N–H and O–H groups in total. The van der Waals surface area contributed by atoms with E-state index in [1.165, 1.54) is 18.4 Å². The van der Waals surface area contributed by atoms with Gasteiger partial charge in [-0.2, -0.15) is 0 Å². The zero-order chi connectivity index (χ0) is 13.8. The summed E-state index contributed by atoms with van der Waals surface area (Å²) < 4.78 is 0. The van der Waals surface area contributed by atoms with E-state index >= 15 is 0 Å². The number of benzene rings is 1. The van der Waals surface area contributed by atoms with Crippen LogP contribution < -0.4 is 5.32 Å². The molecule has 106 valence electrons. The Hall–Kier alpha value is -0.860. The third-order valence-electron chi connectivity index (χ3n) is 4.01. The van der Waals surface area contributed by atoms with Crippen molar-refractivity contribution in [1.29, 1.82) is 0 Å². The van der Waals surface area contributed by atoms with E-state index in [0.717, 1.165) is 12.5 Å². The van der Waals surface area contributed by atoms with E-state index in [4.69, 9.17) is 0 Å². The molecule has 1 aliphatic rings. The molecule has 0 radical (unpaired) electrons. The van der Waals surface area contributed by atoms with Crippen LogP contribution in [0.3, 0.4) is 0 Å². The van der Waals surface area contributed by atoms with Crippen molar-refractivity contribution in [2.45, 2.75) is 38.8 Å². The summed E-state index contributed by atoms with van der Waals surface area (Å²) in [4.78, 5) is 2.28. The molecule has 0 bridgehead atoms. The van der Waals surface area contributed by atoms with Gasteiger partial charge in [0.1, 0.15) is 0 Å². The second-order valence-electron chi connectivity index (χ2n) is 6.51. The topological polar surface area (TPSA) is 15.3 Å². The van der Waals surface area contributed by atoms with Crippen molar-refractivity contribution in [2.24, 2.45) is 11.8 Å². The second kappa shape index (κ2) is 6.53. The molecule has 2 nitrogen and oxygen atoms in total. The highest BCUT2D eigenvalue weighted by Crippen LogP contribution is 2.41. The van der Waals surface area contributed by atoms with Gasteiger partial charge in [0.15, 0.2) is 0 Å². The summed E-state index contributed by atoms with van der Waals surface area (Å²) in [5.74, 6) is 1.50. The number of nitrogens with zero attached hydrogens (tertiary/aromatic N) is 1. The van der Waals surface area contributed by atoms with Gasteiger partial charge >= 0.3 is 0 Å². The number of rotatable bonds is 7. The molecule has 1 fully saturated rings. The van der Waals surface area contributed by atoms with Gasteiger partial charge in [-0.05, 0) is 44.3 Å². The molecule has 0 saturated heterocycles. The molecule has 0 amide bonds. The molecule has 19 heavy (non-hydrogen) atoms. The van der Waals surface area contributed by atoms with Crippen LogP contribution in [0.15, 0.2) is 30.3 Å². The van der Waals surface area contributed by atoms with Crippen LogP contribution in [0.5, 0.6) is 0 Å². The van der Waals surface area contributed by atoms with Crippen molar-refractivity contribution in [3.05, 3.63) is 35.9 Å². The van der Waals surface area contributed by atoms with Crippen LogP contribution >= 0.6 is 0 Å². The molecule has 2 heteroatoms. The summed E-state index contributed by atoms with van der Waals surface area (Å²) in [6.07, 6.45) is 2.75. The standard InChI is InChI=1S/C17H28N2/c1-13(2)16(12-19(3)4)18-17(15-10-11-15)14-8-6-5-7-9-14/h5-9,13,15-18H,10-12H2,1-4H3. The molecule has 1 aliphatic carbocycles. The minimum absolute atomic E-state index is 0.536. The van der Waals surface area contributed by atoms with Gasteiger partial charge in [0.2, 0.25) is 0 Å². The summed E-state index contributed by atoms with van der Waals surface area (Å²) in [5, 5.41) is 3.92. The molecule has 0 spiro atoms. The average molecular weight is 260 g/mol. The summed E-state index contributed by atoms with van der Waals surface area (Å²) in [6, 6.07) is 12.0. The van der Waals surface area contributed by atoms with Crippen molar-refractivity contribution < 1.29 is 0 Å². The quantitative estimate of drug-likeness (QED) is 0.809. The Morgan fingerprint density at radius 1 is 1.16 bits per heavy atom. The smallest absolute Gasteiger partial charge is 0.0351 e. The van der Waals surface area contributed by atoms with Crippen LogP contribution in [0.2, 0.25) is 0 Å². The number of hydrogen-bond donors (Lipinski definition) is 1. The van der Waals surface area contributed by atoms with Crippen molar-refractivity contribution in [3.63, 3.8) is 0 Å². The lowest BCUT2D eigenvalue weighted by Gasteiger charge is -2.31. The number of hydrogen-bond acceptors (Lipinski definition) is 2. The van der Waals surface area contributed by atoms with E-state index in [1.54, 1.807) is 0 Å². The highest BCUT2D eigenvalue weighted by Gasteiger charge is 2.34. The summed E-state index contributed by atoms with van der Waals surface area (Å²) in [6.45, 7) is 5.74. The monoisotopic (exact) mass is 260 g/mol. The first-order chi connectivity index (χ1) is 9.08. The van der Waals surface area contributed by atoms with Crippen LogP contribution in [-0.2, 0) is 0 Å². The van der Waals surface area contributed by atoms with Gasteiger partial charge in [0.25, 0.3) is 0 Å². The van der Waals surface area contributed by atoms with Crippen LogP contribution in [0, 0.1) is 11.8 Å². The van der Waals surface area contributed by atoms with E-state index in [9.17, 15) is 0 Å². The summed E-state index contributed by atoms with van der Waals surface area (Å²) in [5.41, 5.74) is 1.45.